The molecule has 152 valence electrons. The van der Waals surface area contributed by atoms with Crippen LogP contribution in [0.4, 0.5) is 11.4 Å². The van der Waals surface area contributed by atoms with Crippen LogP contribution in [-0.4, -0.2) is 37.3 Å². The van der Waals surface area contributed by atoms with Gasteiger partial charge in [0.2, 0.25) is 5.91 Å². The highest BCUT2D eigenvalue weighted by molar-refractivity contribution is 5.99. The maximum atomic E-state index is 12.1. The van der Waals surface area contributed by atoms with Crippen molar-refractivity contribution in [2.24, 2.45) is 5.16 Å². The number of oxime groups is 1. The smallest absolute Gasteiger partial charge is 0.265 e. The molecule has 2 aromatic rings. The molecule has 0 aromatic heterocycles. The third kappa shape index (κ3) is 5.97. The Balaban J connectivity index is 1.51. The quantitative estimate of drug-likeness (QED) is 0.576. The standard InChI is InChI=1S/C21H23N3O5/c1-14(16-4-6-17(7-5-16)22-15(2)25)24-29-13-21(26)23-18-8-9-19-20(12-18)28-11-3-10-27-19/h4-9,12H,3,10-11,13H2,1-2H3,(H,22,25)(H,23,26)/b24-14+. The number of carbonyl (C=O) groups excluding carboxylic acids is 2. The van der Waals surface area contributed by atoms with Gasteiger partial charge in [-0.15, -0.1) is 0 Å². The molecule has 0 fully saturated rings. The van der Waals surface area contributed by atoms with Gasteiger partial charge in [0.15, 0.2) is 18.1 Å². The third-order valence-electron chi connectivity index (χ3n) is 4.05. The van der Waals surface area contributed by atoms with Crippen molar-refractivity contribution in [1.29, 1.82) is 0 Å². The van der Waals surface area contributed by atoms with Crippen LogP contribution in [0.5, 0.6) is 11.5 Å². The van der Waals surface area contributed by atoms with Gasteiger partial charge in [-0.25, -0.2) is 0 Å². The van der Waals surface area contributed by atoms with E-state index in [4.69, 9.17) is 14.3 Å². The van der Waals surface area contributed by atoms with E-state index < -0.39 is 0 Å². The number of rotatable bonds is 6. The summed E-state index contributed by atoms with van der Waals surface area (Å²) >= 11 is 0. The van der Waals surface area contributed by atoms with Crippen molar-refractivity contribution in [3.8, 4) is 11.5 Å². The monoisotopic (exact) mass is 397 g/mol. The number of carbonyl (C=O) groups is 2. The Morgan fingerprint density at radius 2 is 1.66 bits per heavy atom. The first-order valence-electron chi connectivity index (χ1n) is 9.25. The number of hydrogen-bond donors (Lipinski definition) is 2. The number of hydrogen-bond acceptors (Lipinski definition) is 6. The van der Waals surface area contributed by atoms with E-state index in [0.717, 1.165) is 12.0 Å². The molecule has 3 rings (SSSR count). The summed E-state index contributed by atoms with van der Waals surface area (Å²) in [4.78, 5) is 28.3. The fourth-order valence-corrected chi connectivity index (χ4v) is 2.68. The fourth-order valence-electron chi connectivity index (χ4n) is 2.68. The molecule has 0 radical (unpaired) electrons. The van der Waals surface area contributed by atoms with Crippen molar-refractivity contribution in [3.05, 3.63) is 48.0 Å². The van der Waals surface area contributed by atoms with Crippen molar-refractivity contribution in [2.45, 2.75) is 20.3 Å². The summed E-state index contributed by atoms with van der Waals surface area (Å²) in [6.07, 6.45) is 0.817. The number of anilines is 2. The van der Waals surface area contributed by atoms with Crippen LogP contribution < -0.4 is 20.1 Å². The number of benzene rings is 2. The Morgan fingerprint density at radius 1 is 0.966 bits per heavy atom. The van der Waals surface area contributed by atoms with Gasteiger partial charge < -0.3 is 24.9 Å². The Bertz CT molecular complexity index is 909. The molecule has 2 amide bonds. The maximum absolute atomic E-state index is 12.1. The van der Waals surface area contributed by atoms with Crippen molar-refractivity contribution in [1.82, 2.24) is 0 Å². The van der Waals surface area contributed by atoms with Gasteiger partial charge in [-0.2, -0.15) is 0 Å². The molecule has 0 saturated heterocycles. The Morgan fingerprint density at radius 3 is 2.38 bits per heavy atom. The summed E-state index contributed by atoms with van der Waals surface area (Å²) in [5.74, 6) is 0.808. The molecule has 0 atom stereocenters. The molecule has 1 aliphatic heterocycles. The summed E-state index contributed by atoms with van der Waals surface area (Å²) in [5.41, 5.74) is 2.73. The molecule has 8 nitrogen and oxygen atoms in total. The predicted octanol–water partition coefficient (Wildman–Crippen LogP) is 3.19. The molecule has 8 heteroatoms. The molecule has 1 aliphatic rings. The molecule has 0 aliphatic carbocycles. The van der Waals surface area contributed by atoms with Gasteiger partial charge in [-0.1, -0.05) is 17.3 Å². The molecule has 2 N–H and O–H groups in total. The van der Waals surface area contributed by atoms with Crippen molar-refractivity contribution in [3.63, 3.8) is 0 Å². The highest BCUT2D eigenvalue weighted by Crippen LogP contribution is 2.32. The lowest BCUT2D eigenvalue weighted by Gasteiger charge is -2.10. The summed E-state index contributed by atoms with van der Waals surface area (Å²) in [7, 11) is 0. The highest BCUT2D eigenvalue weighted by Gasteiger charge is 2.12. The van der Waals surface area contributed by atoms with E-state index in [-0.39, 0.29) is 18.4 Å². The third-order valence-corrected chi connectivity index (χ3v) is 4.05. The predicted molar refractivity (Wildman–Crippen MR) is 110 cm³/mol. The fraction of sp³-hybridized carbons (Fsp3) is 0.286. The zero-order chi connectivity index (χ0) is 20.6. The van der Waals surface area contributed by atoms with Crippen LogP contribution >= 0.6 is 0 Å². The van der Waals surface area contributed by atoms with Crippen LogP contribution in [0.2, 0.25) is 0 Å². The normalized spacial score (nSPS) is 13.2. The van der Waals surface area contributed by atoms with Gasteiger partial charge in [-0.05, 0) is 36.8 Å². The number of amides is 2. The largest absolute Gasteiger partial charge is 0.490 e. The van der Waals surface area contributed by atoms with Crippen LogP contribution in [0.3, 0.4) is 0 Å². The minimum absolute atomic E-state index is 0.133. The summed E-state index contributed by atoms with van der Waals surface area (Å²) < 4.78 is 11.2. The van der Waals surface area contributed by atoms with Gasteiger partial charge in [0.1, 0.15) is 0 Å². The molecular formula is C21H23N3O5. The summed E-state index contributed by atoms with van der Waals surface area (Å²) in [5, 5.41) is 9.41. The second-order valence-corrected chi connectivity index (χ2v) is 6.47. The first kappa shape index (κ1) is 20.2. The second kappa shape index (κ2) is 9.59. The summed E-state index contributed by atoms with van der Waals surface area (Å²) in [6, 6.07) is 12.4. The van der Waals surface area contributed by atoms with Gasteiger partial charge in [0, 0.05) is 30.8 Å². The SMILES string of the molecule is CC(=O)Nc1ccc(/C(C)=N/OCC(=O)Nc2ccc3c(c2)OCCCO3)cc1. The minimum atomic E-state index is -0.336. The number of ether oxygens (including phenoxy) is 2. The molecule has 0 spiro atoms. The van der Waals surface area contributed by atoms with Crippen molar-refractivity contribution in [2.75, 3.05) is 30.5 Å². The summed E-state index contributed by atoms with van der Waals surface area (Å²) in [6.45, 7) is 4.18. The molecule has 0 unspecified atom stereocenters. The average molecular weight is 397 g/mol. The second-order valence-electron chi connectivity index (χ2n) is 6.47. The minimum Gasteiger partial charge on any atom is -0.490 e. The molecular weight excluding hydrogens is 374 g/mol. The van der Waals surface area contributed by atoms with Gasteiger partial charge >= 0.3 is 0 Å². The Hall–Kier alpha value is -3.55. The van der Waals surface area contributed by atoms with Crippen LogP contribution in [0, 0.1) is 0 Å². The molecule has 1 heterocycles. The van der Waals surface area contributed by atoms with Crippen LogP contribution in [0.1, 0.15) is 25.8 Å². The maximum Gasteiger partial charge on any atom is 0.265 e. The average Bonchev–Trinajstić information content (AvgIpc) is 2.93. The topological polar surface area (TPSA) is 98.2 Å². The lowest BCUT2D eigenvalue weighted by molar-refractivity contribution is -0.120. The van der Waals surface area contributed by atoms with Crippen LogP contribution in [0.25, 0.3) is 0 Å². The lowest BCUT2D eigenvalue weighted by Crippen LogP contribution is -2.17. The first-order valence-corrected chi connectivity index (χ1v) is 9.25. The first-order chi connectivity index (χ1) is 14.0. The van der Waals surface area contributed by atoms with E-state index in [0.29, 0.717) is 41.8 Å². The molecule has 29 heavy (non-hydrogen) atoms. The van der Waals surface area contributed by atoms with E-state index in [1.807, 2.05) is 12.1 Å². The van der Waals surface area contributed by atoms with Gasteiger partial charge in [0.05, 0.1) is 18.9 Å². The number of fused-ring (bicyclic) bond motifs is 1. The number of nitrogens with one attached hydrogen (secondary N) is 2. The highest BCUT2D eigenvalue weighted by atomic mass is 16.6. The Kier molecular flexibility index (Phi) is 6.67. The lowest BCUT2D eigenvalue weighted by atomic mass is 10.1. The molecule has 0 bridgehead atoms. The van der Waals surface area contributed by atoms with Crippen LogP contribution in [0.15, 0.2) is 47.6 Å². The Labute approximate surface area is 168 Å². The van der Waals surface area contributed by atoms with Crippen molar-refractivity contribution < 1.29 is 23.9 Å². The van der Waals surface area contributed by atoms with E-state index in [9.17, 15) is 9.59 Å². The van der Waals surface area contributed by atoms with Crippen molar-refractivity contribution >= 4 is 28.9 Å². The van der Waals surface area contributed by atoms with E-state index in [1.54, 1.807) is 37.3 Å². The van der Waals surface area contributed by atoms with E-state index >= 15 is 0 Å². The zero-order valence-electron chi connectivity index (χ0n) is 16.4. The molecule has 2 aromatic carbocycles. The zero-order valence-corrected chi connectivity index (χ0v) is 16.4. The number of nitrogens with zero attached hydrogens (tertiary/aromatic N) is 1. The van der Waals surface area contributed by atoms with E-state index in [1.165, 1.54) is 6.92 Å². The van der Waals surface area contributed by atoms with Gasteiger partial charge in [-0.3, -0.25) is 9.59 Å². The van der Waals surface area contributed by atoms with E-state index in [2.05, 4.69) is 15.8 Å². The van der Waals surface area contributed by atoms with Gasteiger partial charge in [0.25, 0.3) is 5.91 Å². The molecule has 0 saturated carbocycles. The van der Waals surface area contributed by atoms with Crippen LogP contribution in [-0.2, 0) is 14.4 Å².